The van der Waals surface area contributed by atoms with Gasteiger partial charge in [-0.15, -0.1) is 0 Å². The van der Waals surface area contributed by atoms with Crippen molar-refractivity contribution in [2.75, 3.05) is 10.6 Å². The van der Waals surface area contributed by atoms with Gasteiger partial charge in [0.25, 0.3) is 0 Å². The molecule has 0 saturated heterocycles. The van der Waals surface area contributed by atoms with Crippen molar-refractivity contribution < 1.29 is 18.4 Å². The first-order valence-electron chi connectivity index (χ1n) is 7.45. The molecule has 7 heteroatoms. The van der Waals surface area contributed by atoms with Crippen molar-refractivity contribution in [2.45, 2.75) is 20.8 Å². The van der Waals surface area contributed by atoms with Crippen LogP contribution in [0.4, 0.5) is 20.2 Å². The lowest BCUT2D eigenvalue weighted by molar-refractivity contribution is -0.135. The van der Waals surface area contributed by atoms with Crippen LogP contribution in [-0.4, -0.2) is 11.8 Å². The van der Waals surface area contributed by atoms with E-state index in [9.17, 15) is 18.4 Å². The predicted octanol–water partition coefficient (Wildman–Crippen LogP) is 4.53. The highest BCUT2D eigenvalue weighted by atomic mass is 35.5. The van der Waals surface area contributed by atoms with Crippen molar-refractivity contribution in [2.24, 2.45) is 5.41 Å². The van der Waals surface area contributed by atoms with Gasteiger partial charge >= 0.3 is 0 Å². The monoisotopic (exact) mass is 366 g/mol. The zero-order valence-corrected chi connectivity index (χ0v) is 14.7. The Balaban J connectivity index is 2.13. The molecule has 0 bridgehead atoms. The fraction of sp³-hybridized carbons (Fsp3) is 0.222. The van der Waals surface area contributed by atoms with Crippen LogP contribution in [0.1, 0.15) is 19.4 Å². The van der Waals surface area contributed by atoms with Crippen LogP contribution in [0.15, 0.2) is 36.4 Å². The van der Waals surface area contributed by atoms with Crippen molar-refractivity contribution >= 4 is 34.8 Å². The van der Waals surface area contributed by atoms with Gasteiger partial charge in [-0.3, -0.25) is 9.59 Å². The van der Waals surface area contributed by atoms with Gasteiger partial charge in [-0.2, -0.15) is 0 Å². The summed E-state index contributed by atoms with van der Waals surface area (Å²) in [6.45, 7) is 4.64. The average Bonchev–Trinajstić information content (AvgIpc) is 2.53. The Labute approximate surface area is 149 Å². The summed E-state index contributed by atoms with van der Waals surface area (Å²) >= 11 is 5.87. The van der Waals surface area contributed by atoms with Crippen LogP contribution in [0.3, 0.4) is 0 Å². The van der Waals surface area contributed by atoms with E-state index in [-0.39, 0.29) is 5.69 Å². The molecule has 25 heavy (non-hydrogen) atoms. The van der Waals surface area contributed by atoms with Crippen LogP contribution in [-0.2, 0) is 9.59 Å². The molecule has 4 nitrogen and oxygen atoms in total. The van der Waals surface area contributed by atoms with Crippen molar-refractivity contribution in [1.82, 2.24) is 0 Å². The Morgan fingerprint density at radius 2 is 1.60 bits per heavy atom. The minimum Gasteiger partial charge on any atom is -0.325 e. The molecule has 0 spiro atoms. The Bertz CT molecular complexity index is 838. The molecule has 0 radical (unpaired) electrons. The summed E-state index contributed by atoms with van der Waals surface area (Å²) in [5, 5.41) is 5.62. The number of hydrogen-bond acceptors (Lipinski definition) is 2. The molecular weight excluding hydrogens is 350 g/mol. The van der Waals surface area contributed by atoms with Gasteiger partial charge < -0.3 is 10.6 Å². The van der Waals surface area contributed by atoms with Crippen LogP contribution in [0.25, 0.3) is 0 Å². The minimum absolute atomic E-state index is 0.0625. The van der Waals surface area contributed by atoms with Gasteiger partial charge in [-0.05, 0) is 56.7 Å². The summed E-state index contributed by atoms with van der Waals surface area (Å²) in [5.74, 6) is -3.30. The lowest BCUT2D eigenvalue weighted by atomic mass is 9.90. The highest BCUT2D eigenvalue weighted by molar-refractivity contribution is 6.30. The number of rotatable bonds is 4. The van der Waals surface area contributed by atoms with Crippen molar-refractivity contribution in [3.05, 3.63) is 58.6 Å². The van der Waals surface area contributed by atoms with E-state index in [0.717, 1.165) is 17.7 Å². The predicted molar refractivity (Wildman–Crippen MR) is 93.6 cm³/mol. The quantitative estimate of drug-likeness (QED) is 0.781. The van der Waals surface area contributed by atoms with E-state index in [2.05, 4.69) is 10.6 Å². The molecule has 2 rings (SSSR count). The molecule has 0 aliphatic rings. The molecule has 2 N–H and O–H groups in total. The molecule has 2 aromatic rings. The number of carbonyl (C=O) groups is 2. The highest BCUT2D eigenvalue weighted by Gasteiger charge is 2.36. The third-order valence-corrected chi connectivity index (χ3v) is 3.98. The lowest BCUT2D eigenvalue weighted by Gasteiger charge is -2.23. The second-order valence-electron chi connectivity index (χ2n) is 6.12. The molecule has 2 amide bonds. The molecule has 0 fully saturated rings. The number of benzene rings is 2. The molecular formula is C18H17ClF2N2O2. The van der Waals surface area contributed by atoms with E-state index in [1.807, 2.05) is 0 Å². The smallest absolute Gasteiger partial charge is 0.239 e. The Morgan fingerprint density at radius 3 is 2.20 bits per heavy atom. The van der Waals surface area contributed by atoms with Gasteiger partial charge in [0, 0.05) is 22.5 Å². The third-order valence-electron chi connectivity index (χ3n) is 3.75. The second-order valence-corrected chi connectivity index (χ2v) is 6.56. The maximum Gasteiger partial charge on any atom is 0.239 e. The van der Waals surface area contributed by atoms with Crippen LogP contribution >= 0.6 is 11.6 Å². The van der Waals surface area contributed by atoms with Crippen molar-refractivity contribution in [1.29, 1.82) is 0 Å². The van der Waals surface area contributed by atoms with Crippen molar-refractivity contribution in [3.8, 4) is 0 Å². The van der Waals surface area contributed by atoms with Gasteiger partial charge in [0.15, 0.2) is 11.6 Å². The first kappa shape index (κ1) is 18.9. The first-order valence-corrected chi connectivity index (χ1v) is 7.83. The standard InChI is InChI=1S/C18H17ClF2N2O2/c1-10-8-11(19)4-7-15(10)23-17(25)18(2,3)16(24)22-12-5-6-13(20)14(21)9-12/h4-9H,1-3H3,(H,22,24)(H,23,25). The van der Waals surface area contributed by atoms with Gasteiger partial charge in [0.2, 0.25) is 11.8 Å². The Hall–Kier alpha value is -2.47. The van der Waals surface area contributed by atoms with Crippen LogP contribution in [0.5, 0.6) is 0 Å². The van der Waals surface area contributed by atoms with E-state index >= 15 is 0 Å². The number of halogens is 3. The van der Waals surface area contributed by atoms with Crippen LogP contribution in [0.2, 0.25) is 5.02 Å². The Kier molecular flexibility index (Phi) is 5.42. The van der Waals surface area contributed by atoms with Gasteiger partial charge in [-0.1, -0.05) is 11.6 Å². The fourth-order valence-electron chi connectivity index (χ4n) is 2.01. The van der Waals surface area contributed by atoms with E-state index in [4.69, 9.17) is 11.6 Å². The number of carbonyl (C=O) groups excluding carboxylic acids is 2. The molecule has 0 unspecified atom stereocenters. The molecule has 132 valence electrons. The maximum atomic E-state index is 13.2. The summed E-state index contributed by atoms with van der Waals surface area (Å²) in [6.07, 6.45) is 0. The lowest BCUT2D eigenvalue weighted by Crippen LogP contribution is -2.41. The Morgan fingerprint density at radius 1 is 0.960 bits per heavy atom. The minimum atomic E-state index is -1.45. The number of hydrogen-bond donors (Lipinski definition) is 2. The second kappa shape index (κ2) is 7.19. The van der Waals surface area contributed by atoms with E-state index < -0.39 is 28.9 Å². The first-order chi connectivity index (χ1) is 11.6. The summed E-state index contributed by atoms with van der Waals surface area (Å²) in [5.41, 5.74) is -0.107. The zero-order chi connectivity index (χ0) is 18.8. The van der Waals surface area contributed by atoms with Crippen molar-refractivity contribution in [3.63, 3.8) is 0 Å². The topological polar surface area (TPSA) is 58.2 Å². The molecule has 0 aliphatic carbocycles. The van der Waals surface area contributed by atoms with Gasteiger partial charge in [0.05, 0.1) is 0 Å². The van der Waals surface area contributed by atoms with Crippen LogP contribution in [0, 0.1) is 24.0 Å². The van der Waals surface area contributed by atoms with E-state index in [1.54, 1.807) is 25.1 Å². The summed E-state index contributed by atoms with van der Waals surface area (Å²) in [6, 6.07) is 7.91. The summed E-state index contributed by atoms with van der Waals surface area (Å²) in [7, 11) is 0. The fourth-order valence-corrected chi connectivity index (χ4v) is 2.24. The molecule has 0 heterocycles. The maximum absolute atomic E-state index is 13.2. The number of aryl methyl sites for hydroxylation is 1. The highest BCUT2D eigenvalue weighted by Crippen LogP contribution is 2.25. The van der Waals surface area contributed by atoms with Gasteiger partial charge in [0.1, 0.15) is 5.41 Å². The molecule has 0 atom stereocenters. The average molecular weight is 367 g/mol. The SMILES string of the molecule is Cc1cc(Cl)ccc1NC(=O)C(C)(C)C(=O)Nc1ccc(F)c(F)c1. The largest absolute Gasteiger partial charge is 0.325 e. The van der Waals surface area contributed by atoms with Crippen LogP contribution < -0.4 is 10.6 Å². The number of amides is 2. The molecule has 0 aromatic heterocycles. The molecule has 0 saturated carbocycles. The van der Waals surface area contributed by atoms with E-state index in [1.165, 1.54) is 19.9 Å². The summed E-state index contributed by atoms with van der Waals surface area (Å²) in [4.78, 5) is 24.9. The summed E-state index contributed by atoms with van der Waals surface area (Å²) < 4.78 is 26.2. The van der Waals surface area contributed by atoms with E-state index in [0.29, 0.717) is 10.7 Å². The zero-order valence-electron chi connectivity index (χ0n) is 13.9. The number of nitrogens with one attached hydrogen (secondary N) is 2. The number of anilines is 2. The normalized spacial score (nSPS) is 11.1. The molecule has 0 aliphatic heterocycles. The third kappa shape index (κ3) is 4.33. The molecule has 2 aromatic carbocycles. The van der Waals surface area contributed by atoms with Gasteiger partial charge in [-0.25, -0.2) is 8.78 Å².